The molecular weight excluding hydrogens is 668 g/mol. The molecule has 0 aliphatic heterocycles. The normalized spacial score (nSPS) is 16.2. The Labute approximate surface area is 162 Å². The second-order valence-electron chi connectivity index (χ2n) is 7.15. The van der Waals surface area contributed by atoms with E-state index in [9.17, 15) is 51.6 Å². The van der Waals surface area contributed by atoms with Crippen molar-refractivity contribution in [2.75, 3.05) is 0 Å². The van der Waals surface area contributed by atoms with Gasteiger partial charge in [-0.2, -0.15) is 0 Å². The molecule has 0 heterocycles. The number of nitrogens with zero attached hydrogens (tertiary/aromatic N) is 2. The van der Waals surface area contributed by atoms with E-state index in [0.29, 0.717) is 0 Å². The van der Waals surface area contributed by atoms with Crippen LogP contribution in [0.15, 0.2) is 0 Å². The molecule has 19 heteroatoms. The minimum absolute atomic E-state index is 0.867. The number of alkyl halides is 6. The fourth-order valence-corrected chi connectivity index (χ4v) is 38.7. The van der Waals surface area contributed by atoms with E-state index < -0.39 is 82.4 Å². The summed E-state index contributed by atoms with van der Waals surface area (Å²) in [6.07, 6.45) is 0. The molecule has 0 rings (SSSR count). The van der Waals surface area contributed by atoms with E-state index in [2.05, 4.69) is 0 Å². The van der Waals surface area contributed by atoms with E-state index in [1.165, 1.54) is 0 Å². The van der Waals surface area contributed by atoms with E-state index in [4.69, 9.17) is 0 Å². The number of sulfonamides is 2. The molecule has 0 amide bonds. The standard InChI is InChI=1S/C2F6N2O6S3.6CH3.2Sn/c3-1(4,5)17(11,12)9-19(15,16)10-18(13,14)2(6,7)8;;;;;;;;/h;6*1H3;;/q-2;;;;;;;2*+1. The van der Waals surface area contributed by atoms with Crippen LogP contribution in [-0.2, 0) is 30.3 Å². The first kappa shape index (κ1) is 27.9. The van der Waals surface area contributed by atoms with E-state index in [0.717, 1.165) is 29.6 Å². The molecule has 0 atom stereocenters. The van der Waals surface area contributed by atoms with Gasteiger partial charge in [0.2, 0.25) is 0 Å². The van der Waals surface area contributed by atoms with Crippen LogP contribution in [0.1, 0.15) is 0 Å². The van der Waals surface area contributed by atoms with Crippen LogP contribution in [0.25, 0.3) is 0 Å². The Hall–Kier alpha value is 0.947. The second kappa shape index (κ2) is 7.57. The van der Waals surface area contributed by atoms with Gasteiger partial charge in [0.15, 0.2) is 0 Å². The molecule has 0 fully saturated rings. The summed E-state index contributed by atoms with van der Waals surface area (Å²) in [5.41, 5.74) is -12.3. The number of rotatable bonds is 6. The molecule has 0 aromatic carbocycles. The van der Waals surface area contributed by atoms with Gasteiger partial charge in [0.05, 0.1) is 0 Å². The molecule has 164 valence electrons. The van der Waals surface area contributed by atoms with Gasteiger partial charge < -0.3 is 0 Å². The van der Waals surface area contributed by atoms with Crippen molar-refractivity contribution in [3.05, 3.63) is 0 Å². The summed E-state index contributed by atoms with van der Waals surface area (Å²) in [7, 11) is -19.6. The maximum atomic E-state index is 13.0. The molecule has 0 spiro atoms. The van der Waals surface area contributed by atoms with Crippen molar-refractivity contribution in [1.29, 1.82) is 0 Å². The van der Waals surface area contributed by atoms with Gasteiger partial charge in [-0.1, -0.05) is 0 Å². The molecule has 0 unspecified atom stereocenters. The summed E-state index contributed by atoms with van der Waals surface area (Å²) in [5.74, 6) is 0. The van der Waals surface area contributed by atoms with Gasteiger partial charge >= 0.3 is 164 Å². The first-order valence-corrected chi connectivity index (χ1v) is 30.7. The molecule has 0 aromatic heterocycles. The summed E-state index contributed by atoms with van der Waals surface area (Å²) in [4.78, 5) is 5.20. The predicted octanol–water partition coefficient (Wildman–Crippen LogP) is 2.20. The second-order valence-corrected chi connectivity index (χ2v) is 43.8. The monoisotopic (exact) mass is 688 g/mol. The van der Waals surface area contributed by atoms with Crippen LogP contribution in [0.3, 0.4) is 0 Å². The van der Waals surface area contributed by atoms with E-state index in [-0.39, 0.29) is 0 Å². The quantitative estimate of drug-likeness (QED) is 0.314. The topological polar surface area (TPSA) is 109 Å². The van der Waals surface area contributed by atoms with Gasteiger partial charge in [0, 0.05) is 0 Å². The first-order chi connectivity index (χ1) is 11.2. The van der Waals surface area contributed by atoms with Gasteiger partial charge in [0.1, 0.15) is 0 Å². The first-order valence-electron chi connectivity index (χ1n) is 6.72. The molecular formula is C8H18F6N2O6S3Sn2. The van der Waals surface area contributed by atoms with Crippen molar-refractivity contribution >= 4 is 67.6 Å². The van der Waals surface area contributed by atoms with Gasteiger partial charge in [-0.05, 0) is 0 Å². The third-order valence-electron chi connectivity index (χ3n) is 2.54. The van der Waals surface area contributed by atoms with Gasteiger partial charge in [-0.15, -0.1) is 0 Å². The van der Waals surface area contributed by atoms with E-state index in [1.54, 1.807) is 0 Å². The van der Waals surface area contributed by atoms with Crippen LogP contribution in [0.5, 0.6) is 0 Å². The van der Waals surface area contributed by atoms with Crippen LogP contribution in [-0.4, -0.2) is 77.4 Å². The maximum absolute atomic E-state index is 13.0. The van der Waals surface area contributed by atoms with Crippen molar-refractivity contribution in [3.63, 3.8) is 0 Å². The predicted molar refractivity (Wildman–Crippen MR) is 89.2 cm³/mol. The summed E-state index contributed by atoms with van der Waals surface area (Å²) in [6.45, 7) is 0. The van der Waals surface area contributed by atoms with Crippen molar-refractivity contribution in [2.24, 2.45) is 0 Å². The molecule has 0 bridgehead atoms. The molecule has 0 aromatic rings. The van der Waals surface area contributed by atoms with E-state index >= 15 is 0 Å². The Kier molecular flexibility index (Phi) is 7.84. The zero-order valence-corrected chi connectivity index (χ0v) is 23.0. The van der Waals surface area contributed by atoms with Crippen LogP contribution in [0, 0.1) is 0 Å². The molecule has 27 heavy (non-hydrogen) atoms. The average molecular weight is 686 g/mol. The van der Waals surface area contributed by atoms with Gasteiger partial charge in [0.25, 0.3) is 0 Å². The zero-order chi connectivity index (χ0) is 22.7. The molecule has 8 nitrogen and oxygen atoms in total. The third kappa shape index (κ3) is 5.55. The molecule has 0 saturated carbocycles. The third-order valence-corrected chi connectivity index (χ3v) is 36.7. The SMILES string of the molecule is [CH3][Sn]([CH3])([CH3])[N](S(=O)(=O)[N](S(=O)(=O)C(F)(F)F)[Sn]([CH3])([CH3])[CH3])S(=O)(=O)C(F)(F)F. The van der Waals surface area contributed by atoms with Crippen LogP contribution >= 0.6 is 0 Å². The van der Waals surface area contributed by atoms with E-state index in [1.807, 2.05) is 0 Å². The summed E-state index contributed by atoms with van der Waals surface area (Å²) in [5, 5.41) is 0. The summed E-state index contributed by atoms with van der Waals surface area (Å²) in [6, 6.07) is 0. The minimum atomic E-state index is -6.67. The Morgan fingerprint density at radius 2 is 0.741 bits per heavy atom. The van der Waals surface area contributed by atoms with Crippen LogP contribution < -0.4 is 0 Å². The fraction of sp³-hybridized carbons (Fsp3) is 1.00. The fourth-order valence-electron chi connectivity index (χ4n) is 1.92. The number of hydrogen-bond donors (Lipinski definition) is 0. The average Bonchev–Trinajstić information content (AvgIpc) is 2.17. The Bertz CT molecular complexity index is 815. The Balaban J connectivity index is 7.30. The number of halogens is 6. The molecule has 0 aliphatic rings. The van der Waals surface area contributed by atoms with Crippen LogP contribution in [0.4, 0.5) is 26.3 Å². The molecule has 0 radical (unpaired) electrons. The molecule has 0 aliphatic carbocycles. The van der Waals surface area contributed by atoms with Crippen molar-refractivity contribution in [1.82, 2.24) is 3.86 Å². The molecule has 0 N–H and O–H groups in total. The van der Waals surface area contributed by atoms with Crippen LogP contribution in [0.2, 0.25) is 29.6 Å². The van der Waals surface area contributed by atoms with Crippen molar-refractivity contribution < 1.29 is 51.6 Å². The Morgan fingerprint density at radius 1 is 0.556 bits per heavy atom. The van der Waals surface area contributed by atoms with Gasteiger partial charge in [-0.3, -0.25) is 0 Å². The Morgan fingerprint density at radius 3 is 0.852 bits per heavy atom. The zero-order valence-electron chi connectivity index (χ0n) is 14.8. The van der Waals surface area contributed by atoms with Crippen molar-refractivity contribution in [3.8, 4) is 0 Å². The molecule has 0 saturated heterocycles. The number of hydrogen-bond acceptors (Lipinski definition) is 6. The summed E-state index contributed by atoms with van der Waals surface area (Å²) >= 11 is -10.0. The van der Waals surface area contributed by atoms with Gasteiger partial charge in [-0.25, -0.2) is 0 Å². The summed E-state index contributed by atoms with van der Waals surface area (Å²) < 4.78 is 149. The van der Waals surface area contributed by atoms with Crippen molar-refractivity contribution in [2.45, 2.75) is 40.7 Å².